The molecular weight excluding hydrogens is 316 g/mol. The van der Waals surface area contributed by atoms with Crippen molar-refractivity contribution in [1.82, 2.24) is 10.3 Å². The van der Waals surface area contributed by atoms with Crippen molar-refractivity contribution in [2.24, 2.45) is 0 Å². The molecule has 0 saturated carbocycles. The van der Waals surface area contributed by atoms with Crippen LogP contribution in [0.4, 0.5) is 11.5 Å². The van der Waals surface area contributed by atoms with Crippen molar-refractivity contribution in [2.45, 2.75) is 6.92 Å². The molecule has 0 unspecified atom stereocenters. The lowest BCUT2D eigenvalue weighted by Crippen LogP contribution is -2.47. The van der Waals surface area contributed by atoms with Crippen molar-refractivity contribution in [3.05, 3.63) is 48.2 Å². The predicted octanol–water partition coefficient (Wildman–Crippen LogP) is 2.17. The second-order valence-corrected chi connectivity index (χ2v) is 5.91. The number of rotatable bonds is 5. The standard InChI is InChI=1S/C19H24N4O2/c1-3-20-19(24)17-5-4-10-21-18(17)23-13-11-22(12-14-23)15-6-8-16(25-2)9-7-15/h4-10H,3,11-14H2,1-2H3,(H,20,24). The molecule has 1 N–H and O–H groups in total. The molecule has 3 rings (SSSR count). The summed E-state index contributed by atoms with van der Waals surface area (Å²) in [6, 6.07) is 11.8. The Balaban J connectivity index is 1.69. The molecule has 25 heavy (non-hydrogen) atoms. The number of hydrogen-bond donors (Lipinski definition) is 1. The Hall–Kier alpha value is -2.76. The molecule has 6 heteroatoms. The summed E-state index contributed by atoms with van der Waals surface area (Å²) in [4.78, 5) is 21.2. The number of nitrogens with one attached hydrogen (secondary N) is 1. The van der Waals surface area contributed by atoms with E-state index < -0.39 is 0 Å². The molecule has 1 aromatic heterocycles. The number of nitrogens with zero attached hydrogens (tertiary/aromatic N) is 3. The van der Waals surface area contributed by atoms with Crippen molar-refractivity contribution in [3.8, 4) is 5.75 Å². The highest BCUT2D eigenvalue weighted by atomic mass is 16.5. The van der Waals surface area contributed by atoms with E-state index in [0.29, 0.717) is 12.1 Å². The van der Waals surface area contributed by atoms with Crippen molar-refractivity contribution in [3.63, 3.8) is 0 Å². The molecule has 1 saturated heterocycles. The number of ether oxygens (including phenoxy) is 1. The Labute approximate surface area is 148 Å². The highest BCUT2D eigenvalue weighted by Gasteiger charge is 2.22. The van der Waals surface area contributed by atoms with E-state index in [1.165, 1.54) is 5.69 Å². The molecule has 1 aliphatic rings. The fourth-order valence-corrected chi connectivity index (χ4v) is 3.05. The summed E-state index contributed by atoms with van der Waals surface area (Å²) in [5, 5.41) is 2.86. The Morgan fingerprint density at radius 1 is 1.12 bits per heavy atom. The molecule has 2 heterocycles. The molecule has 0 radical (unpaired) electrons. The zero-order valence-corrected chi connectivity index (χ0v) is 14.7. The Morgan fingerprint density at radius 2 is 1.80 bits per heavy atom. The summed E-state index contributed by atoms with van der Waals surface area (Å²) in [6.45, 7) is 5.96. The first-order chi connectivity index (χ1) is 12.2. The third-order valence-corrected chi connectivity index (χ3v) is 4.39. The van der Waals surface area contributed by atoms with E-state index in [0.717, 1.165) is 37.7 Å². The zero-order valence-electron chi connectivity index (χ0n) is 14.7. The highest BCUT2D eigenvalue weighted by Crippen LogP contribution is 2.23. The number of benzene rings is 1. The summed E-state index contributed by atoms with van der Waals surface area (Å²) in [5.41, 5.74) is 1.83. The van der Waals surface area contributed by atoms with Crippen LogP contribution in [0, 0.1) is 0 Å². The number of aromatic nitrogens is 1. The fourth-order valence-electron chi connectivity index (χ4n) is 3.05. The van der Waals surface area contributed by atoms with Gasteiger partial charge in [0, 0.05) is 44.6 Å². The molecule has 2 aromatic rings. The van der Waals surface area contributed by atoms with Crippen LogP contribution < -0.4 is 19.9 Å². The van der Waals surface area contributed by atoms with Crippen molar-refractivity contribution in [2.75, 3.05) is 49.6 Å². The maximum atomic E-state index is 12.3. The number of carbonyl (C=O) groups is 1. The maximum Gasteiger partial charge on any atom is 0.255 e. The molecule has 6 nitrogen and oxygen atoms in total. The van der Waals surface area contributed by atoms with Crippen LogP contribution in [0.15, 0.2) is 42.6 Å². The van der Waals surface area contributed by atoms with Crippen LogP contribution in [-0.2, 0) is 0 Å². The van der Waals surface area contributed by atoms with Crippen LogP contribution >= 0.6 is 0 Å². The van der Waals surface area contributed by atoms with Gasteiger partial charge in [-0.05, 0) is 43.3 Å². The molecule has 0 spiro atoms. The largest absolute Gasteiger partial charge is 0.497 e. The number of methoxy groups -OCH3 is 1. The van der Waals surface area contributed by atoms with Crippen LogP contribution in [0.1, 0.15) is 17.3 Å². The summed E-state index contributed by atoms with van der Waals surface area (Å²) in [7, 11) is 1.67. The highest BCUT2D eigenvalue weighted by molar-refractivity contribution is 5.98. The van der Waals surface area contributed by atoms with E-state index >= 15 is 0 Å². The summed E-state index contributed by atoms with van der Waals surface area (Å²) in [5.74, 6) is 1.56. The minimum Gasteiger partial charge on any atom is -0.497 e. The Morgan fingerprint density at radius 3 is 2.44 bits per heavy atom. The van der Waals surface area contributed by atoms with E-state index in [4.69, 9.17) is 4.74 Å². The van der Waals surface area contributed by atoms with Crippen LogP contribution in [0.25, 0.3) is 0 Å². The van der Waals surface area contributed by atoms with Gasteiger partial charge in [-0.2, -0.15) is 0 Å². The number of carbonyl (C=O) groups excluding carboxylic acids is 1. The number of hydrogen-bond acceptors (Lipinski definition) is 5. The molecule has 1 fully saturated rings. The van der Waals surface area contributed by atoms with Crippen molar-refractivity contribution < 1.29 is 9.53 Å². The van der Waals surface area contributed by atoms with E-state index in [1.54, 1.807) is 13.3 Å². The summed E-state index contributed by atoms with van der Waals surface area (Å²) < 4.78 is 5.21. The van der Waals surface area contributed by atoms with Gasteiger partial charge in [-0.3, -0.25) is 4.79 Å². The summed E-state index contributed by atoms with van der Waals surface area (Å²) >= 11 is 0. The van der Waals surface area contributed by atoms with Crippen molar-refractivity contribution in [1.29, 1.82) is 0 Å². The molecule has 1 aliphatic heterocycles. The normalized spacial score (nSPS) is 14.3. The van der Waals surface area contributed by atoms with Gasteiger partial charge < -0.3 is 19.9 Å². The number of anilines is 2. The van der Waals surface area contributed by atoms with E-state index in [1.807, 2.05) is 31.2 Å². The van der Waals surface area contributed by atoms with Crippen molar-refractivity contribution >= 4 is 17.4 Å². The molecule has 0 bridgehead atoms. The molecule has 0 atom stereocenters. The molecule has 132 valence electrons. The first kappa shape index (κ1) is 17.1. The lowest BCUT2D eigenvalue weighted by molar-refractivity contribution is 0.0956. The third-order valence-electron chi connectivity index (χ3n) is 4.39. The van der Waals surface area contributed by atoms with Gasteiger partial charge in [0.2, 0.25) is 0 Å². The van der Waals surface area contributed by atoms with Gasteiger partial charge >= 0.3 is 0 Å². The van der Waals surface area contributed by atoms with Gasteiger partial charge in [0.1, 0.15) is 11.6 Å². The Kier molecular flexibility index (Phi) is 5.38. The van der Waals surface area contributed by atoms with Gasteiger partial charge in [0.25, 0.3) is 5.91 Å². The second kappa shape index (κ2) is 7.88. The second-order valence-electron chi connectivity index (χ2n) is 5.91. The van der Waals surface area contributed by atoms with Crippen LogP contribution in [0.3, 0.4) is 0 Å². The molecule has 1 amide bonds. The fraction of sp³-hybridized carbons (Fsp3) is 0.368. The molecular formula is C19H24N4O2. The van der Waals surface area contributed by atoms with E-state index in [-0.39, 0.29) is 5.91 Å². The minimum atomic E-state index is -0.0665. The average Bonchev–Trinajstić information content (AvgIpc) is 2.68. The first-order valence-corrected chi connectivity index (χ1v) is 8.60. The third kappa shape index (κ3) is 3.84. The Bertz CT molecular complexity index is 710. The minimum absolute atomic E-state index is 0.0665. The van der Waals surface area contributed by atoms with Crippen LogP contribution in [0.2, 0.25) is 0 Å². The first-order valence-electron chi connectivity index (χ1n) is 8.60. The SMILES string of the molecule is CCNC(=O)c1cccnc1N1CCN(c2ccc(OC)cc2)CC1. The number of piperazine rings is 1. The lowest BCUT2D eigenvalue weighted by Gasteiger charge is -2.37. The van der Waals surface area contributed by atoms with Gasteiger partial charge in [-0.25, -0.2) is 4.98 Å². The lowest BCUT2D eigenvalue weighted by atomic mass is 10.2. The van der Waals surface area contributed by atoms with E-state index in [9.17, 15) is 4.79 Å². The average molecular weight is 340 g/mol. The van der Waals surface area contributed by atoms with Gasteiger partial charge in [0.15, 0.2) is 0 Å². The smallest absolute Gasteiger partial charge is 0.255 e. The monoisotopic (exact) mass is 340 g/mol. The van der Waals surface area contributed by atoms with Gasteiger partial charge in [-0.15, -0.1) is 0 Å². The van der Waals surface area contributed by atoms with Crippen LogP contribution in [-0.4, -0.2) is 50.7 Å². The predicted molar refractivity (Wildman–Crippen MR) is 99.7 cm³/mol. The number of amides is 1. The zero-order chi connectivity index (χ0) is 17.6. The maximum absolute atomic E-state index is 12.3. The van der Waals surface area contributed by atoms with E-state index in [2.05, 4.69) is 32.2 Å². The van der Waals surface area contributed by atoms with Gasteiger partial charge in [0.05, 0.1) is 12.7 Å². The topological polar surface area (TPSA) is 57.7 Å². The van der Waals surface area contributed by atoms with Gasteiger partial charge in [-0.1, -0.05) is 0 Å². The molecule has 0 aliphatic carbocycles. The quantitative estimate of drug-likeness (QED) is 0.904. The molecule has 1 aromatic carbocycles. The van der Waals surface area contributed by atoms with Crippen LogP contribution in [0.5, 0.6) is 5.75 Å². The summed E-state index contributed by atoms with van der Waals surface area (Å²) in [6.07, 6.45) is 1.74. The number of pyridine rings is 1.